The molecule has 0 aromatic rings. The monoisotopic (exact) mass is 224 g/mol. The minimum atomic E-state index is 0.00681. The molecular formula is C12H20N2O2. The molecule has 0 bridgehead atoms. The van der Waals surface area contributed by atoms with E-state index in [0.29, 0.717) is 13.0 Å². The predicted octanol–water partition coefficient (Wildman–Crippen LogP) is 2.01. The van der Waals surface area contributed by atoms with Gasteiger partial charge < -0.3 is 10.1 Å². The quantitative estimate of drug-likeness (QED) is 0.743. The summed E-state index contributed by atoms with van der Waals surface area (Å²) in [6.07, 6.45) is 3.85. The summed E-state index contributed by atoms with van der Waals surface area (Å²) < 4.78 is 5.55. The summed E-state index contributed by atoms with van der Waals surface area (Å²) >= 11 is 0. The second kappa shape index (κ2) is 6.30. The maximum atomic E-state index is 11.4. The van der Waals surface area contributed by atoms with Crippen molar-refractivity contribution >= 4 is 12.1 Å². The Hall–Kier alpha value is -1.32. The highest BCUT2D eigenvalue weighted by Gasteiger charge is 2.24. The lowest BCUT2D eigenvalue weighted by Crippen LogP contribution is -2.39. The third kappa shape index (κ3) is 3.08. The maximum absolute atomic E-state index is 11.4. The summed E-state index contributed by atoms with van der Waals surface area (Å²) in [6, 6.07) is 0.00681. The van der Waals surface area contributed by atoms with Crippen LogP contribution in [0, 0.1) is 0 Å². The summed E-state index contributed by atoms with van der Waals surface area (Å²) in [4.78, 5) is 15.7. The van der Waals surface area contributed by atoms with E-state index in [9.17, 15) is 4.79 Å². The van der Waals surface area contributed by atoms with Crippen molar-refractivity contribution < 1.29 is 9.53 Å². The first-order chi connectivity index (χ1) is 7.72. The van der Waals surface area contributed by atoms with Gasteiger partial charge in [-0.3, -0.25) is 9.79 Å². The Bertz CT molecular complexity index is 308. The summed E-state index contributed by atoms with van der Waals surface area (Å²) in [7, 11) is 0. The molecule has 0 aromatic carbocycles. The third-order valence-corrected chi connectivity index (χ3v) is 2.54. The molecule has 4 heteroatoms. The largest absolute Gasteiger partial charge is 0.496 e. The minimum Gasteiger partial charge on any atom is -0.496 e. The smallest absolute Gasteiger partial charge is 0.220 e. The first-order valence-electron chi connectivity index (χ1n) is 5.86. The van der Waals surface area contributed by atoms with Gasteiger partial charge in [-0.05, 0) is 6.92 Å². The van der Waals surface area contributed by atoms with E-state index >= 15 is 0 Å². The Morgan fingerprint density at radius 3 is 2.94 bits per heavy atom. The number of amides is 1. The number of hydrogen-bond donors (Lipinski definition) is 1. The Kier molecular flexibility index (Phi) is 5.02. The van der Waals surface area contributed by atoms with E-state index in [1.165, 1.54) is 0 Å². The molecule has 0 saturated carbocycles. The van der Waals surface area contributed by atoms with Crippen molar-refractivity contribution in [2.75, 3.05) is 6.61 Å². The third-order valence-electron chi connectivity index (χ3n) is 2.54. The summed E-state index contributed by atoms with van der Waals surface area (Å²) in [5.41, 5.74) is 0.873. The van der Waals surface area contributed by atoms with Crippen molar-refractivity contribution in [1.29, 1.82) is 0 Å². The first kappa shape index (κ1) is 12.7. The molecule has 90 valence electrons. The maximum Gasteiger partial charge on any atom is 0.220 e. The molecule has 1 rings (SSSR count). The average Bonchev–Trinajstić information content (AvgIpc) is 2.31. The van der Waals surface area contributed by atoms with Gasteiger partial charge in [-0.15, -0.1) is 0 Å². The number of rotatable bonds is 4. The van der Waals surface area contributed by atoms with Crippen molar-refractivity contribution in [2.24, 2.45) is 4.99 Å². The van der Waals surface area contributed by atoms with Gasteiger partial charge in [0.15, 0.2) is 0 Å². The lowest BCUT2D eigenvalue weighted by atomic mass is 10.1. The van der Waals surface area contributed by atoms with Gasteiger partial charge in [0.2, 0.25) is 5.91 Å². The number of carbonyl (C=O) groups is 1. The van der Waals surface area contributed by atoms with Crippen molar-refractivity contribution in [3.8, 4) is 0 Å². The Labute approximate surface area is 96.8 Å². The molecule has 1 aliphatic rings. The average molecular weight is 224 g/mol. The lowest BCUT2D eigenvalue weighted by molar-refractivity contribution is -0.121. The zero-order valence-electron chi connectivity index (χ0n) is 10.2. The molecule has 0 aliphatic carbocycles. The molecule has 4 nitrogen and oxygen atoms in total. The number of ether oxygens (including phenoxy) is 1. The fourth-order valence-electron chi connectivity index (χ4n) is 1.73. The van der Waals surface area contributed by atoms with Gasteiger partial charge in [0, 0.05) is 25.5 Å². The molecule has 1 unspecified atom stereocenters. The second-order valence-electron chi connectivity index (χ2n) is 3.66. The van der Waals surface area contributed by atoms with Crippen LogP contribution in [0.3, 0.4) is 0 Å². The molecular weight excluding hydrogens is 204 g/mol. The second-order valence-corrected chi connectivity index (χ2v) is 3.66. The Morgan fingerprint density at radius 1 is 1.62 bits per heavy atom. The number of carbonyl (C=O) groups excluding carboxylic acids is 1. The van der Waals surface area contributed by atoms with E-state index in [1.807, 2.05) is 20.8 Å². The van der Waals surface area contributed by atoms with Crippen LogP contribution in [0.4, 0.5) is 0 Å². The van der Waals surface area contributed by atoms with Crippen LogP contribution >= 0.6 is 0 Å². The van der Waals surface area contributed by atoms with Gasteiger partial charge in [-0.2, -0.15) is 0 Å². The number of nitrogens with zero attached hydrogens (tertiary/aromatic N) is 1. The number of nitrogens with one attached hydrogen (secondary N) is 1. The van der Waals surface area contributed by atoms with Crippen molar-refractivity contribution in [2.45, 2.75) is 46.1 Å². The number of hydrogen-bond acceptors (Lipinski definition) is 3. The highest BCUT2D eigenvalue weighted by atomic mass is 16.5. The topological polar surface area (TPSA) is 50.7 Å². The molecule has 1 amide bonds. The van der Waals surface area contributed by atoms with Crippen molar-refractivity contribution in [3.05, 3.63) is 11.5 Å². The van der Waals surface area contributed by atoms with E-state index in [-0.39, 0.29) is 11.9 Å². The van der Waals surface area contributed by atoms with Crippen LogP contribution in [-0.4, -0.2) is 24.8 Å². The van der Waals surface area contributed by atoms with Crippen LogP contribution in [-0.2, 0) is 9.53 Å². The summed E-state index contributed by atoms with van der Waals surface area (Å²) in [6.45, 7) is 6.40. The van der Waals surface area contributed by atoms with Crippen LogP contribution in [0.25, 0.3) is 0 Å². The van der Waals surface area contributed by atoms with Gasteiger partial charge in [0.1, 0.15) is 5.76 Å². The molecule has 16 heavy (non-hydrogen) atoms. The first-order valence-corrected chi connectivity index (χ1v) is 5.86. The van der Waals surface area contributed by atoms with E-state index in [4.69, 9.17) is 4.74 Å². The SMILES string of the molecule is CC=NC1=C(CC)OCCC1NC(=O)CC. The zero-order chi connectivity index (χ0) is 12.0. The standard InChI is InChI=1S/C12H20N2O2/c1-4-10-12(13-6-3)9(7-8-16-10)14-11(15)5-2/h6,9H,4-5,7-8H2,1-3H3,(H,14,15). The van der Waals surface area contributed by atoms with Crippen LogP contribution in [0.2, 0.25) is 0 Å². The molecule has 0 fully saturated rings. The summed E-state index contributed by atoms with van der Waals surface area (Å²) in [5.74, 6) is 0.955. The van der Waals surface area contributed by atoms with Crippen LogP contribution < -0.4 is 5.32 Å². The molecule has 0 saturated heterocycles. The van der Waals surface area contributed by atoms with E-state index < -0.39 is 0 Å². The van der Waals surface area contributed by atoms with Crippen LogP contribution in [0.1, 0.15) is 40.0 Å². The van der Waals surface area contributed by atoms with E-state index in [1.54, 1.807) is 6.21 Å². The molecule has 1 aliphatic heterocycles. The Balaban J connectivity index is 2.85. The van der Waals surface area contributed by atoms with E-state index in [2.05, 4.69) is 10.3 Å². The van der Waals surface area contributed by atoms with Gasteiger partial charge in [0.05, 0.1) is 18.3 Å². The van der Waals surface area contributed by atoms with Crippen LogP contribution in [0.15, 0.2) is 16.4 Å². The molecule has 1 N–H and O–H groups in total. The fourth-order valence-corrected chi connectivity index (χ4v) is 1.73. The predicted molar refractivity (Wildman–Crippen MR) is 64.3 cm³/mol. The van der Waals surface area contributed by atoms with Gasteiger partial charge in [-0.25, -0.2) is 0 Å². The zero-order valence-corrected chi connectivity index (χ0v) is 10.2. The molecule has 1 atom stereocenters. The van der Waals surface area contributed by atoms with Gasteiger partial charge >= 0.3 is 0 Å². The highest BCUT2D eigenvalue weighted by Crippen LogP contribution is 2.23. The van der Waals surface area contributed by atoms with Gasteiger partial charge in [0.25, 0.3) is 0 Å². The lowest BCUT2D eigenvalue weighted by Gasteiger charge is -2.26. The number of aliphatic imine (C=N–C) groups is 1. The Morgan fingerprint density at radius 2 is 2.38 bits per heavy atom. The van der Waals surface area contributed by atoms with Crippen molar-refractivity contribution in [1.82, 2.24) is 5.32 Å². The van der Waals surface area contributed by atoms with E-state index in [0.717, 1.165) is 24.3 Å². The highest BCUT2D eigenvalue weighted by molar-refractivity contribution is 5.76. The van der Waals surface area contributed by atoms with Crippen molar-refractivity contribution in [3.63, 3.8) is 0 Å². The van der Waals surface area contributed by atoms with Crippen LogP contribution in [0.5, 0.6) is 0 Å². The molecule has 0 aromatic heterocycles. The summed E-state index contributed by atoms with van der Waals surface area (Å²) in [5, 5.41) is 2.98. The molecule has 1 heterocycles. The van der Waals surface area contributed by atoms with Gasteiger partial charge in [-0.1, -0.05) is 13.8 Å². The fraction of sp³-hybridized carbons (Fsp3) is 0.667. The minimum absolute atomic E-state index is 0.00681. The molecule has 0 radical (unpaired) electrons. The number of allylic oxidation sites excluding steroid dienone is 1. The molecule has 0 spiro atoms. The normalized spacial score (nSPS) is 21.1.